The van der Waals surface area contributed by atoms with Crippen LogP contribution in [-0.2, 0) is 11.2 Å². The number of ether oxygens (including phenoxy) is 2. The van der Waals surface area contributed by atoms with E-state index in [1.54, 1.807) is 12.1 Å². The van der Waals surface area contributed by atoms with E-state index in [4.69, 9.17) is 4.74 Å². The van der Waals surface area contributed by atoms with Crippen LogP contribution in [0.3, 0.4) is 0 Å². The topological polar surface area (TPSA) is 21.7 Å². The quantitative estimate of drug-likeness (QED) is 0.793. The van der Waals surface area contributed by atoms with Crippen molar-refractivity contribution in [2.24, 2.45) is 0 Å². The van der Waals surface area contributed by atoms with Gasteiger partial charge in [-0.05, 0) is 37.1 Å². The number of alkyl halides is 2. The average molecular weight is 271 g/mol. The number of hydrogen-bond donors (Lipinski definition) is 0. The zero-order valence-corrected chi connectivity index (χ0v) is 10.9. The van der Waals surface area contributed by atoms with Crippen molar-refractivity contribution in [2.45, 2.75) is 19.5 Å². The monoisotopic (exact) mass is 271 g/mol. The van der Waals surface area contributed by atoms with E-state index >= 15 is 0 Å². The third-order valence-electron chi connectivity index (χ3n) is 3.19. The molecule has 0 amide bonds. The molecule has 106 valence electrons. The van der Waals surface area contributed by atoms with Gasteiger partial charge in [0.2, 0.25) is 0 Å². The first-order chi connectivity index (χ1) is 9.24. The van der Waals surface area contributed by atoms with E-state index in [1.165, 1.54) is 0 Å². The van der Waals surface area contributed by atoms with E-state index in [2.05, 4.69) is 9.64 Å². The molecule has 1 aromatic carbocycles. The zero-order valence-electron chi connectivity index (χ0n) is 10.9. The number of rotatable bonds is 6. The van der Waals surface area contributed by atoms with Gasteiger partial charge in [-0.15, -0.1) is 0 Å². The Labute approximate surface area is 112 Å². The summed E-state index contributed by atoms with van der Waals surface area (Å²) in [4.78, 5) is 2.39. The molecule has 1 heterocycles. The molecule has 0 radical (unpaired) electrons. The molecule has 0 aromatic heterocycles. The van der Waals surface area contributed by atoms with Crippen molar-refractivity contribution in [3.05, 3.63) is 29.8 Å². The first-order valence-corrected chi connectivity index (χ1v) is 6.58. The minimum atomic E-state index is -2.76. The van der Waals surface area contributed by atoms with E-state index in [-0.39, 0.29) is 5.75 Å². The highest BCUT2D eigenvalue weighted by molar-refractivity contribution is 5.27. The minimum Gasteiger partial charge on any atom is -0.435 e. The Morgan fingerprint density at radius 2 is 1.84 bits per heavy atom. The maximum Gasteiger partial charge on any atom is 0.387 e. The second-order valence-electron chi connectivity index (χ2n) is 4.58. The highest BCUT2D eigenvalue weighted by Crippen LogP contribution is 2.15. The molecule has 1 aliphatic heterocycles. The standard InChI is InChI=1S/C14H19F2NO2/c15-14(16)19-13-5-3-12(4-6-13)2-1-7-17-8-10-18-11-9-17/h3-6,14H,1-2,7-11H2. The molecular weight excluding hydrogens is 252 g/mol. The third kappa shape index (κ3) is 5.12. The molecule has 1 aromatic rings. The van der Waals surface area contributed by atoms with Crippen LogP contribution in [0.4, 0.5) is 8.78 Å². The molecule has 1 fully saturated rings. The van der Waals surface area contributed by atoms with Gasteiger partial charge in [0.25, 0.3) is 0 Å². The molecule has 1 aliphatic rings. The molecule has 0 N–H and O–H groups in total. The van der Waals surface area contributed by atoms with E-state index in [0.29, 0.717) is 0 Å². The second kappa shape index (κ2) is 7.40. The van der Waals surface area contributed by atoms with Crippen LogP contribution in [0.25, 0.3) is 0 Å². The number of nitrogens with zero attached hydrogens (tertiary/aromatic N) is 1. The Bertz CT molecular complexity index is 364. The van der Waals surface area contributed by atoms with Crippen LogP contribution >= 0.6 is 0 Å². The van der Waals surface area contributed by atoms with Crippen LogP contribution < -0.4 is 4.74 Å². The fourth-order valence-corrected chi connectivity index (χ4v) is 2.17. The van der Waals surface area contributed by atoms with Crippen molar-refractivity contribution in [2.75, 3.05) is 32.8 Å². The number of hydrogen-bond acceptors (Lipinski definition) is 3. The van der Waals surface area contributed by atoms with Crippen LogP contribution in [0, 0.1) is 0 Å². The van der Waals surface area contributed by atoms with Crippen molar-refractivity contribution in [3.8, 4) is 5.75 Å². The smallest absolute Gasteiger partial charge is 0.387 e. The highest BCUT2D eigenvalue weighted by Gasteiger charge is 2.09. The lowest BCUT2D eigenvalue weighted by molar-refractivity contribution is -0.0498. The summed E-state index contributed by atoms with van der Waals surface area (Å²) in [6.45, 7) is 1.94. The summed E-state index contributed by atoms with van der Waals surface area (Å²) >= 11 is 0. The normalized spacial score (nSPS) is 16.8. The Kier molecular flexibility index (Phi) is 5.54. The van der Waals surface area contributed by atoms with Crippen LogP contribution in [0.5, 0.6) is 5.75 Å². The Hall–Kier alpha value is -1.20. The zero-order chi connectivity index (χ0) is 13.5. The summed E-state index contributed by atoms with van der Waals surface area (Å²) in [5.41, 5.74) is 1.15. The van der Waals surface area contributed by atoms with Crippen LogP contribution in [0.15, 0.2) is 24.3 Å². The van der Waals surface area contributed by atoms with Crippen molar-refractivity contribution < 1.29 is 18.3 Å². The van der Waals surface area contributed by atoms with Crippen molar-refractivity contribution in [1.82, 2.24) is 4.90 Å². The second-order valence-corrected chi connectivity index (χ2v) is 4.58. The summed E-state index contributed by atoms with van der Waals surface area (Å²) in [5.74, 6) is 0.215. The molecule has 2 rings (SSSR count). The van der Waals surface area contributed by atoms with Gasteiger partial charge in [0.05, 0.1) is 13.2 Å². The van der Waals surface area contributed by atoms with Crippen LogP contribution in [0.2, 0.25) is 0 Å². The lowest BCUT2D eigenvalue weighted by Gasteiger charge is -2.26. The van der Waals surface area contributed by atoms with Gasteiger partial charge in [-0.3, -0.25) is 4.90 Å². The lowest BCUT2D eigenvalue weighted by atomic mass is 10.1. The Morgan fingerprint density at radius 1 is 1.16 bits per heavy atom. The van der Waals surface area contributed by atoms with Gasteiger partial charge >= 0.3 is 6.61 Å². The number of morpholine rings is 1. The molecule has 0 bridgehead atoms. The predicted octanol–water partition coefficient (Wildman–Crippen LogP) is 2.55. The first-order valence-electron chi connectivity index (χ1n) is 6.58. The maximum absolute atomic E-state index is 12.0. The molecule has 0 spiro atoms. The summed E-state index contributed by atoms with van der Waals surface area (Å²) in [5, 5.41) is 0. The van der Waals surface area contributed by atoms with Gasteiger partial charge in [-0.25, -0.2) is 0 Å². The summed E-state index contributed by atoms with van der Waals surface area (Å²) in [6.07, 6.45) is 2.02. The predicted molar refractivity (Wildman–Crippen MR) is 68.7 cm³/mol. The minimum absolute atomic E-state index is 0.215. The van der Waals surface area contributed by atoms with Gasteiger partial charge in [0, 0.05) is 13.1 Å². The summed E-state index contributed by atoms with van der Waals surface area (Å²) < 4.78 is 33.6. The SMILES string of the molecule is FC(F)Oc1ccc(CCCN2CCOCC2)cc1. The maximum atomic E-state index is 12.0. The van der Waals surface area contributed by atoms with E-state index in [1.807, 2.05) is 12.1 Å². The van der Waals surface area contributed by atoms with Crippen LogP contribution in [0.1, 0.15) is 12.0 Å². The first kappa shape index (κ1) is 14.2. The van der Waals surface area contributed by atoms with Gasteiger partial charge in [-0.1, -0.05) is 12.1 Å². The summed E-state index contributed by atoms with van der Waals surface area (Å²) in [7, 11) is 0. The molecule has 1 saturated heterocycles. The third-order valence-corrected chi connectivity index (χ3v) is 3.19. The van der Waals surface area contributed by atoms with Crippen LogP contribution in [-0.4, -0.2) is 44.4 Å². The molecule has 0 aliphatic carbocycles. The lowest BCUT2D eigenvalue weighted by Crippen LogP contribution is -2.36. The molecule has 3 nitrogen and oxygen atoms in total. The van der Waals surface area contributed by atoms with Gasteiger partial charge in [-0.2, -0.15) is 8.78 Å². The Balaban J connectivity index is 1.70. The summed E-state index contributed by atoms with van der Waals surface area (Å²) in [6, 6.07) is 6.88. The molecule has 0 unspecified atom stereocenters. The molecule has 0 atom stereocenters. The van der Waals surface area contributed by atoms with E-state index in [9.17, 15) is 8.78 Å². The van der Waals surface area contributed by atoms with Crippen molar-refractivity contribution in [3.63, 3.8) is 0 Å². The molecule has 5 heteroatoms. The molecular formula is C14H19F2NO2. The number of benzene rings is 1. The molecule has 19 heavy (non-hydrogen) atoms. The fraction of sp³-hybridized carbons (Fsp3) is 0.571. The largest absolute Gasteiger partial charge is 0.435 e. The number of aryl methyl sites for hydroxylation is 1. The fourth-order valence-electron chi connectivity index (χ4n) is 2.17. The Morgan fingerprint density at radius 3 is 2.47 bits per heavy atom. The highest BCUT2D eigenvalue weighted by atomic mass is 19.3. The molecule has 0 saturated carbocycles. The van der Waals surface area contributed by atoms with Gasteiger partial charge in [0.15, 0.2) is 0 Å². The van der Waals surface area contributed by atoms with Crippen molar-refractivity contribution >= 4 is 0 Å². The van der Waals surface area contributed by atoms with Gasteiger partial charge in [0.1, 0.15) is 5.75 Å². The van der Waals surface area contributed by atoms with Gasteiger partial charge < -0.3 is 9.47 Å². The van der Waals surface area contributed by atoms with E-state index < -0.39 is 6.61 Å². The number of halogens is 2. The van der Waals surface area contributed by atoms with E-state index in [0.717, 1.165) is 51.3 Å². The average Bonchev–Trinajstić information content (AvgIpc) is 2.41. The van der Waals surface area contributed by atoms with Crippen molar-refractivity contribution in [1.29, 1.82) is 0 Å².